The fraction of sp³-hybridized carbons (Fsp3) is 0.526. The standard InChI is InChI=1S/C19H27N7O2/c1-2-21-19(28)26-10-4-3-7-16(26)8-11-25-14-17(23-24-25)18(27)22-13-15-6-5-9-20-12-15/h5-6,9,12,14,16H,2-4,7-8,10-11,13H2,1H3,(H,21,28)(H,22,27). The number of rotatable bonds is 7. The van der Waals surface area contributed by atoms with Crippen LogP contribution < -0.4 is 10.6 Å². The first-order valence-electron chi connectivity index (χ1n) is 9.79. The normalized spacial score (nSPS) is 16.6. The third kappa shape index (κ3) is 5.28. The minimum absolute atomic E-state index is 0.00117. The van der Waals surface area contributed by atoms with Crippen LogP contribution in [-0.4, -0.2) is 55.9 Å². The maximum absolute atomic E-state index is 12.2. The number of hydrogen-bond donors (Lipinski definition) is 2. The molecule has 0 bridgehead atoms. The van der Waals surface area contributed by atoms with E-state index in [0.717, 1.165) is 37.8 Å². The smallest absolute Gasteiger partial charge is 0.317 e. The van der Waals surface area contributed by atoms with Crippen molar-refractivity contribution >= 4 is 11.9 Å². The summed E-state index contributed by atoms with van der Waals surface area (Å²) in [6.07, 6.45) is 9.00. The number of aromatic nitrogens is 4. The van der Waals surface area contributed by atoms with Gasteiger partial charge in [0, 0.05) is 44.6 Å². The van der Waals surface area contributed by atoms with Crippen LogP contribution in [0.25, 0.3) is 0 Å². The Morgan fingerprint density at radius 1 is 1.29 bits per heavy atom. The van der Waals surface area contributed by atoms with Crippen molar-refractivity contribution in [2.24, 2.45) is 0 Å². The van der Waals surface area contributed by atoms with Gasteiger partial charge in [-0.3, -0.25) is 14.5 Å². The van der Waals surface area contributed by atoms with E-state index in [9.17, 15) is 9.59 Å². The quantitative estimate of drug-likeness (QED) is 0.753. The van der Waals surface area contributed by atoms with Crippen LogP contribution in [0.4, 0.5) is 4.79 Å². The number of hydrogen-bond acceptors (Lipinski definition) is 5. The second-order valence-electron chi connectivity index (χ2n) is 6.88. The molecule has 28 heavy (non-hydrogen) atoms. The van der Waals surface area contributed by atoms with E-state index >= 15 is 0 Å². The van der Waals surface area contributed by atoms with E-state index in [0.29, 0.717) is 19.6 Å². The molecule has 3 amide bonds. The van der Waals surface area contributed by atoms with Gasteiger partial charge in [-0.05, 0) is 44.2 Å². The Morgan fingerprint density at radius 2 is 2.18 bits per heavy atom. The van der Waals surface area contributed by atoms with Crippen LogP contribution in [0.3, 0.4) is 0 Å². The summed E-state index contributed by atoms with van der Waals surface area (Å²) < 4.78 is 1.67. The number of amides is 3. The second kappa shape index (κ2) is 9.82. The molecule has 3 rings (SSSR count). The maximum atomic E-state index is 12.2. The Hall–Kier alpha value is -2.97. The molecule has 0 spiro atoms. The van der Waals surface area contributed by atoms with Crippen LogP contribution >= 0.6 is 0 Å². The molecule has 9 heteroatoms. The fourth-order valence-electron chi connectivity index (χ4n) is 3.39. The number of nitrogens with one attached hydrogen (secondary N) is 2. The van der Waals surface area contributed by atoms with Crippen LogP contribution in [0, 0.1) is 0 Å². The third-order valence-electron chi connectivity index (χ3n) is 4.85. The fourth-order valence-corrected chi connectivity index (χ4v) is 3.39. The molecule has 2 aromatic rings. The summed E-state index contributed by atoms with van der Waals surface area (Å²) in [5.74, 6) is -0.267. The predicted octanol–water partition coefficient (Wildman–Crippen LogP) is 1.58. The minimum atomic E-state index is -0.267. The highest BCUT2D eigenvalue weighted by atomic mass is 16.2. The summed E-state index contributed by atoms with van der Waals surface area (Å²) in [5, 5.41) is 13.7. The first-order valence-corrected chi connectivity index (χ1v) is 9.79. The van der Waals surface area contributed by atoms with Gasteiger partial charge in [-0.25, -0.2) is 4.79 Å². The number of aryl methyl sites for hydroxylation is 1. The highest BCUT2D eigenvalue weighted by Crippen LogP contribution is 2.20. The first-order chi connectivity index (χ1) is 13.7. The molecule has 0 aliphatic carbocycles. The molecule has 9 nitrogen and oxygen atoms in total. The molecular weight excluding hydrogens is 358 g/mol. The van der Waals surface area contributed by atoms with Gasteiger partial charge >= 0.3 is 6.03 Å². The van der Waals surface area contributed by atoms with Gasteiger partial charge in [0.15, 0.2) is 5.69 Å². The Morgan fingerprint density at radius 3 is 2.96 bits per heavy atom. The zero-order valence-electron chi connectivity index (χ0n) is 16.2. The van der Waals surface area contributed by atoms with Crippen molar-refractivity contribution in [1.29, 1.82) is 0 Å². The molecule has 0 aromatic carbocycles. The van der Waals surface area contributed by atoms with Gasteiger partial charge in [0.1, 0.15) is 0 Å². The summed E-state index contributed by atoms with van der Waals surface area (Å²) in [6.45, 7) is 4.35. The lowest BCUT2D eigenvalue weighted by Gasteiger charge is -2.35. The second-order valence-corrected chi connectivity index (χ2v) is 6.88. The lowest BCUT2D eigenvalue weighted by atomic mass is 10.00. The van der Waals surface area contributed by atoms with Crippen molar-refractivity contribution in [2.45, 2.75) is 51.7 Å². The summed E-state index contributed by atoms with van der Waals surface area (Å²) in [5.41, 5.74) is 1.21. The highest BCUT2D eigenvalue weighted by Gasteiger charge is 2.26. The molecule has 1 aliphatic heterocycles. The number of likely N-dealkylation sites (tertiary alicyclic amines) is 1. The minimum Gasteiger partial charge on any atom is -0.346 e. The molecule has 1 aliphatic rings. The van der Waals surface area contributed by atoms with Crippen molar-refractivity contribution in [1.82, 2.24) is 35.5 Å². The third-order valence-corrected chi connectivity index (χ3v) is 4.85. The molecule has 1 atom stereocenters. The molecule has 1 unspecified atom stereocenters. The number of nitrogens with zero attached hydrogens (tertiary/aromatic N) is 5. The summed E-state index contributed by atoms with van der Waals surface area (Å²) in [7, 11) is 0. The lowest BCUT2D eigenvalue weighted by Crippen LogP contribution is -2.48. The van der Waals surface area contributed by atoms with Gasteiger partial charge < -0.3 is 15.5 Å². The summed E-state index contributed by atoms with van der Waals surface area (Å²) in [6, 6.07) is 3.91. The first kappa shape index (κ1) is 19.8. The Labute approximate surface area is 164 Å². The van der Waals surface area contributed by atoms with Crippen LogP contribution in [0.1, 0.15) is 48.7 Å². The van der Waals surface area contributed by atoms with Crippen LogP contribution in [-0.2, 0) is 13.1 Å². The van der Waals surface area contributed by atoms with Crippen molar-refractivity contribution in [3.63, 3.8) is 0 Å². The topological polar surface area (TPSA) is 105 Å². The molecule has 1 fully saturated rings. The molecule has 1 saturated heterocycles. The number of pyridine rings is 1. The van der Waals surface area contributed by atoms with E-state index in [1.54, 1.807) is 23.3 Å². The van der Waals surface area contributed by atoms with Gasteiger partial charge in [0.2, 0.25) is 0 Å². The largest absolute Gasteiger partial charge is 0.346 e. The Balaban J connectivity index is 1.50. The number of carbonyl (C=O) groups excluding carboxylic acids is 2. The molecule has 150 valence electrons. The maximum Gasteiger partial charge on any atom is 0.317 e. The van der Waals surface area contributed by atoms with E-state index in [1.807, 2.05) is 24.0 Å². The average Bonchev–Trinajstić information content (AvgIpc) is 3.21. The van der Waals surface area contributed by atoms with Crippen molar-refractivity contribution in [2.75, 3.05) is 13.1 Å². The van der Waals surface area contributed by atoms with E-state index < -0.39 is 0 Å². The number of carbonyl (C=O) groups is 2. The SMILES string of the molecule is CCNC(=O)N1CCCCC1CCn1cc(C(=O)NCc2cccnc2)nn1. The van der Waals surface area contributed by atoms with Gasteiger partial charge in [-0.1, -0.05) is 11.3 Å². The van der Waals surface area contributed by atoms with Crippen LogP contribution in [0.15, 0.2) is 30.7 Å². The van der Waals surface area contributed by atoms with Gasteiger partial charge in [-0.2, -0.15) is 0 Å². The number of piperidine rings is 1. The van der Waals surface area contributed by atoms with Crippen LogP contribution in [0.5, 0.6) is 0 Å². The zero-order chi connectivity index (χ0) is 19.8. The van der Waals surface area contributed by atoms with Crippen molar-refractivity contribution in [3.8, 4) is 0 Å². The van der Waals surface area contributed by atoms with Gasteiger partial charge in [-0.15, -0.1) is 5.10 Å². The summed E-state index contributed by atoms with van der Waals surface area (Å²) in [4.78, 5) is 30.4. The van der Waals surface area contributed by atoms with Crippen molar-refractivity contribution < 1.29 is 9.59 Å². The highest BCUT2D eigenvalue weighted by molar-refractivity contribution is 5.91. The predicted molar refractivity (Wildman–Crippen MR) is 103 cm³/mol. The molecule has 0 radical (unpaired) electrons. The van der Waals surface area contributed by atoms with E-state index in [-0.39, 0.29) is 23.7 Å². The van der Waals surface area contributed by atoms with Crippen molar-refractivity contribution in [3.05, 3.63) is 42.0 Å². The van der Waals surface area contributed by atoms with Crippen LogP contribution in [0.2, 0.25) is 0 Å². The lowest BCUT2D eigenvalue weighted by molar-refractivity contribution is 0.0945. The zero-order valence-corrected chi connectivity index (χ0v) is 16.2. The Kier molecular flexibility index (Phi) is 6.94. The van der Waals surface area contributed by atoms with E-state index in [1.165, 1.54) is 0 Å². The van der Waals surface area contributed by atoms with E-state index in [2.05, 4.69) is 25.9 Å². The summed E-state index contributed by atoms with van der Waals surface area (Å²) >= 11 is 0. The molecule has 0 saturated carbocycles. The van der Waals surface area contributed by atoms with E-state index in [4.69, 9.17) is 0 Å². The molecule has 2 N–H and O–H groups in total. The average molecular weight is 385 g/mol. The molecule has 3 heterocycles. The molecule has 2 aromatic heterocycles. The van der Waals surface area contributed by atoms with Gasteiger partial charge in [0.05, 0.1) is 6.20 Å². The van der Waals surface area contributed by atoms with Gasteiger partial charge in [0.25, 0.3) is 5.91 Å². The Bertz CT molecular complexity index is 778. The number of urea groups is 1. The monoisotopic (exact) mass is 385 g/mol. The molecular formula is C19H27N7O2.